The van der Waals surface area contributed by atoms with Crippen LogP contribution in [-0.4, -0.2) is 26.0 Å². The highest BCUT2D eigenvalue weighted by atomic mass is 35.5. The zero-order chi connectivity index (χ0) is 12.6. The Labute approximate surface area is 106 Å². The number of hydrogen-bond donors (Lipinski definition) is 2. The van der Waals surface area contributed by atoms with Gasteiger partial charge in [0.2, 0.25) is 0 Å². The van der Waals surface area contributed by atoms with Crippen molar-refractivity contribution in [1.82, 2.24) is 10.6 Å². The fraction of sp³-hybridized carbons (Fsp3) is 0.545. The topological polar surface area (TPSA) is 41.1 Å². The summed E-state index contributed by atoms with van der Waals surface area (Å²) >= 11 is 7.33. The fourth-order valence-electron chi connectivity index (χ4n) is 0.964. The Kier molecular flexibility index (Phi) is 8.25. The van der Waals surface area contributed by atoms with E-state index in [0.29, 0.717) is 16.4 Å². The number of rotatable bonds is 4. The summed E-state index contributed by atoms with van der Waals surface area (Å²) in [5, 5.41) is 8.18. The second-order valence-electron chi connectivity index (χ2n) is 2.92. The number of amides is 1. The summed E-state index contributed by atoms with van der Waals surface area (Å²) in [6, 6.07) is 0. The van der Waals surface area contributed by atoms with Crippen molar-refractivity contribution in [3.63, 3.8) is 0 Å². The summed E-state index contributed by atoms with van der Waals surface area (Å²) < 4.78 is 0. The molecule has 0 aliphatic carbocycles. The number of aryl methyl sites for hydroxylation is 1. The first-order valence-corrected chi connectivity index (χ1v) is 6.59. The van der Waals surface area contributed by atoms with Crippen LogP contribution in [0.2, 0.25) is 5.02 Å². The summed E-state index contributed by atoms with van der Waals surface area (Å²) in [4.78, 5) is 12.1. The predicted octanol–water partition coefficient (Wildman–Crippen LogP) is 2.69. The van der Waals surface area contributed by atoms with Crippen molar-refractivity contribution < 1.29 is 4.79 Å². The van der Waals surface area contributed by atoms with Gasteiger partial charge in [0.15, 0.2) is 0 Å². The Balaban J connectivity index is 0.00000106. The van der Waals surface area contributed by atoms with Gasteiger partial charge in [-0.05, 0) is 24.9 Å². The van der Waals surface area contributed by atoms with E-state index in [9.17, 15) is 4.79 Å². The second kappa shape index (κ2) is 8.56. The second-order valence-corrected chi connectivity index (χ2v) is 4.18. The summed E-state index contributed by atoms with van der Waals surface area (Å²) in [6.45, 7) is 7.26. The molecule has 1 rings (SSSR count). The average molecular weight is 263 g/mol. The molecule has 1 aromatic rings. The van der Waals surface area contributed by atoms with Crippen molar-refractivity contribution in [2.24, 2.45) is 0 Å². The molecule has 92 valence electrons. The van der Waals surface area contributed by atoms with Crippen LogP contribution < -0.4 is 10.6 Å². The standard InChI is InChI=1S/C9H13ClN2OS.C2H6/c1-6-5-14-8(7(6)10)9(13)12-4-3-11-2;1-2/h5,11H,3-4H2,1-2H3,(H,12,13);1-2H3. The molecule has 1 aromatic heterocycles. The van der Waals surface area contributed by atoms with E-state index in [1.807, 2.05) is 33.2 Å². The van der Waals surface area contributed by atoms with E-state index in [0.717, 1.165) is 12.1 Å². The van der Waals surface area contributed by atoms with Gasteiger partial charge in [-0.1, -0.05) is 25.4 Å². The van der Waals surface area contributed by atoms with Crippen molar-refractivity contribution in [3.8, 4) is 0 Å². The molecule has 16 heavy (non-hydrogen) atoms. The van der Waals surface area contributed by atoms with E-state index in [1.165, 1.54) is 11.3 Å². The highest BCUT2D eigenvalue weighted by molar-refractivity contribution is 7.13. The average Bonchev–Trinajstić information content (AvgIpc) is 2.63. The lowest BCUT2D eigenvalue weighted by Gasteiger charge is -2.02. The van der Waals surface area contributed by atoms with Gasteiger partial charge < -0.3 is 10.6 Å². The van der Waals surface area contributed by atoms with Crippen molar-refractivity contribution >= 4 is 28.8 Å². The Morgan fingerprint density at radius 2 is 2.06 bits per heavy atom. The molecule has 1 amide bonds. The molecule has 0 radical (unpaired) electrons. The summed E-state index contributed by atoms with van der Waals surface area (Å²) in [5.74, 6) is -0.0941. The minimum Gasteiger partial charge on any atom is -0.350 e. The van der Waals surface area contributed by atoms with Gasteiger partial charge in [-0.2, -0.15) is 0 Å². The molecule has 0 saturated carbocycles. The maximum absolute atomic E-state index is 11.5. The van der Waals surface area contributed by atoms with Crippen LogP contribution in [0.5, 0.6) is 0 Å². The van der Waals surface area contributed by atoms with E-state index in [4.69, 9.17) is 11.6 Å². The predicted molar refractivity (Wildman–Crippen MR) is 71.7 cm³/mol. The van der Waals surface area contributed by atoms with Crippen molar-refractivity contribution in [2.75, 3.05) is 20.1 Å². The van der Waals surface area contributed by atoms with Crippen LogP contribution in [0, 0.1) is 6.92 Å². The normalized spacial score (nSPS) is 9.31. The summed E-state index contributed by atoms with van der Waals surface area (Å²) in [7, 11) is 1.84. The maximum Gasteiger partial charge on any atom is 0.262 e. The molecular weight excluding hydrogens is 244 g/mol. The quantitative estimate of drug-likeness (QED) is 0.820. The van der Waals surface area contributed by atoms with Crippen LogP contribution in [0.3, 0.4) is 0 Å². The van der Waals surface area contributed by atoms with E-state index >= 15 is 0 Å². The first-order valence-electron chi connectivity index (χ1n) is 5.33. The monoisotopic (exact) mass is 262 g/mol. The highest BCUT2D eigenvalue weighted by Gasteiger charge is 2.13. The van der Waals surface area contributed by atoms with Crippen LogP contribution in [0.1, 0.15) is 29.1 Å². The van der Waals surface area contributed by atoms with E-state index in [1.54, 1.807) is 0 Å². The third-order valence-corrected chi connectivity index (χ3v) is 3.46. The van der Waals surface area contributed by atoms with Gasteiger partial charge >= 0.3 is 0 Å². The van der Waals surface area contributed by atoms with Gasteiger partial charge in [-0.3, -0.25) is 4.79 Å². The SMILES string of the molecule is CC.CNCCNC(=O)c1scc(C)c1Cl. The fourth-order valence-corrected chi connectivity index (χ4v) is 2.16. The van der Waals surface area contributed by atoms with E-state index in [-0.39, 0.29) is 5.91 Å². The number of hydrogen-bond acceptors (Lipinski definition) is 3. The number of nitrogens with one attached hydrogen (secondary N) is 2. The van der Waals surface area contributed by atoms with Crippen LogP contribution in [0.25, 0.3) is 0 Å². The lowest BCUT2D eigenvalue weighted by Crippen LogP contribution is -2.30. The molecule has 5 heteroatoms. The van der Waals surface area contributed by atoms with Crippen LogP contribution in [-0.2, 0) is 0 Å². The third-order valence-electron chi connectivity index (χ3n) is 1.77. The van der Waals surface area contributed by atoms with Crippen molar-refractivity contribution in [1.29, 1.82) is 0 Å². The zero-order valence-electron chi connectivity index (χ0n) is 10.2. The molecule has 0 aliphatic rings. The van der Waals surface area contributed by atoms with Gasteiger partial charge in [0.05, 0.1) is 5.02 Å². The number of halogens is 1. The molecule has 3 nitrogen and oxygen atoms in total. The van der Waals surface area contributed by atoms with Crippen molar-refractivity contribution in [3.05, 3.63) is 20.8 Å². The molecule has 0 unspecified atom stereocenters. The van der Waals surface area contributed by atoms with E-state index < -0.39 is 0 Å². The minimum absolute atomic E-state index is 0.0941. The molecule has 0 aromatic carbocycles. The Morgan fingerprint density at radius 3 is 2.50 bits per heavy atom. The molecular formula is C11H19ClN2OS. The molecule has 0 atom stereocenters. The molecule has 0 saturated heterocycles. The lowest BCUT2D eigenvalue weighted by molar-refractivity contribution is 0.0958. The molecule has 1 heterocycles. The number of thiophene rings is 1. The number of carbonyl (C=O) groups is 1. The van der Waals surface area contributed by atoms with Gasteiger partial charge in [-0.25, -0.2) is 0 Å². The molecule has 2 N–H and O–H groups in total. The summed E-state index contributed by atoms with van der Waals surface area (Å²) in [6.07, 6.45) is 0. The van der Waals surface area contributed by atoms with E-state index in [2.05, 4.69) is 10.6 Å². The zero-order valence-corrected chi connectivity index (χ0v) is 11.8. The van der Waals surface area contributed by atoms with Crippen LogP contribution in [0.15, 0.2) is 5.38 Å². The van der Waals surface area contributed by atoms with Crippen molar-refractivity contribution in [2.45, 2.75) is 20.8 Å². The smallest absolute Gasteiger partial charge is 0.262 e. The largest absolute Gasteiger partial charge is 0.350 e. The number of carbonyl (C=O) groups excluding carboxylic acids is 1. The molecule has 0 spiro atoms. The summed E-state index contributed by atoms with van der Waals surface area (Å²) in [5.41, 5.74) is 0.954. The molecule has 0 bridgehead atoms. The molecule has 0 fully saturated rings. The van der Waals surface area contributed by atoms with Gasteiger partial charge in [0.1, 0.15) is 4.88 Å². The van der Waals surface area contributed by atoms with Crippen LogP contribution >= 0.6 is 22.9 Å². The first-order chi connectivity index (χ1) is 7.66. The van der Waals surface area contributed by atoms with Gasteiger partial charge in [-0.15, -0.1) is 11.3 Å². The molecule has 0 aliphatic heterocycles. The van der Waals surface area contributed by atoms with Gasteiger partial charge in [0.25, 0.3) is 5.91 Å². The first kappa shape index (κ1) is 15.4. The Bertz CT molecular complexity index is 326. The Hall–Kier alpha value is -0.580. The number of likely N-dealkylation sites (N-methyl/N-ethyl adjacent to an activating group) is 1. The third kappa shape index (κ3) is 4.51. The lowest BCUT2D eigenvalue weighted by atomic mass is 10.3. The van der Waals surface area contributed by atoms with Crippen LogP contribution in [0.4, 0.5) is 0 Å². The minimum atomic E-state index is -0.0941. The Morgan fingerprint density at radius 1 is 1.44 bits per heavy atom. The van der Waals surface area contributed by atoms with Gasteiger partial charge in [0, 0.05) is 13.1 Å². The highest BCUT2D eigenvalue weighted by Crippen LogP contribution is 2.26. The maximum atomic E-state index is 11.5.